The van der Waals surface area contributed by atoms with Gasteiger partial charge in [0.05, 0.1) is 24.7 Å². The van der Waals surface area contributed by atoms with Crippen LogP contribution in [0.3, 0.4) is 0 Å². The topological polar surface area (TPSA) is 63.2 Å². The van der Waals surface area contributed by atoms with Gasteiger partial charge in [0.25, 0.3) is 0 Å². The van der Waals surface area contributed by atoms with Crippen molar-refractivity contribution in [1.82, 2.24) is 4.98 Å². The number of anilines is 3. The first-order chi connectivity index (χ1) is 10.4. The third-order valence-corrected chi connectivity index (χ3v) is 3.07. The van der Waals surface area contributed by atoms with Gasteiger partial charge >= 0.3 is 0 Å². The van der Waals surface area contributed by atoms with Crippen LogP contribution in [0, 0.1) is 5.41 Å². The number of amides is 1. The van der Waals surface area contributed by atoms with Gasteiger partial charge in [-0.15, -0.1) is 0 Å². The molecule has 0 unspecified atom stereocenters. The van der Waals surface area contributed by atoms with Crippen molar-refractivity contribution in [2.75, 3.05) is 17.7 Å². The van der Waals surface area contributed by atoms with Crippen molar-refractivity contribution in [3.05, 3.63) is 42.6 Å². The molecule has 116 valence electrons. The molecule has 0 aliphatic heterocycles. The highest BCUT2D eigenvalue weighted by Gasteiger charge is 2.21. The number of hydrogen-bond donors (Lipinski definition) is 2. The Morgan fingerprint density at radius 2 is 1.86 bits per heavy atom. The van der Waals surface area contributed by atoms with Gasteiger partial charge in [-0.25, -0.2) is 4.98 Å². The SMILES string of the molecule is COc1ccccc1Nc1ccc(NC(=O)C(C)(C)C)cn1. The largest absolute Gasteiger partial charge is 0.495 e. The molecule has 1 amide bonds. The minimum Gasteiger partial charge on any atom is -0.495 e. The summed E-state index contributed by atoms with van der Waals surface area (Å²) in [6.07, 6.45) is 1.63. The van der Waals surface area contributed by atoms with Crippen molar-refractivity contribution in [1.29, 1.82) is 0 Å². The summed E-state index contributed by atoms with van der Waals surface area (Å²) in [6.45, 7) is 5.61. The summed E-state index contributed by atoms with van der Waals surface area (Å²) in [5.74, 6) is 1.38. The molecule has 0 spiro atoms. The number of para-hydroxylation sites is 2. The van der Waals surface area contributed by atoms with E-state index in [4.69, 9.17) is 4.74 Å². The second-order valence-corrected chi connectivity index (χ2v) is 5.96. The lowest BCUT2D eigenvalue weighted by Crippen LogP contribution is -2.27. The number of hydrogen-bond acceptors (Lipinski definition) is 4. The first kappa shape index (κ1) is 15.8. The summed E-state index contributed by atoms with van der Waals surface area (Å²) in [4.78, 5) is 16.2. The third-order valence-electron chi connectivity index (χ3n) is 3.07. The molecule has 1 aromatic carbocycles. The molecule has 0 saturated carbocycles. The van der Waals surface area contributed by atoms with Crippen LogP contribution in [0.4, 0.5) is 17.2 Å². The summed E-state index contributed by atoms with van der Waals surface area (Å²) in [5, 5.41) is 6.03. The standard InChI is InChI=1S/C17H21N3O2/c1-17(2,3)16(21)19-12-9-10-15(18-11-12)20-13-7-5-6-8-14(13)22-4/h5-11H,1-4H3,(H,18,20)(H,19,21). The molecule has 0 saturated heterocycles. The van der Waals surface area contributed by atoms with Crippen molar-refractivity contribution < 1.29 is 9.53 Å². The summed E-state index contributed by atoms with van der Waals surface area (Å²) in [6, 6.07) is 11.2. The number of carbonyl (C=O) groups excluding carboxylic acids is 1. The summed E-state index contributed by atoms with van der Waals surface area (Å²) >= 11 is 0. The van der Waals surface area contributed by atoms with Gasteiger partial charge in [-0.2, -0.15) is 0 Å². The Labute approximate surface area is 130 Å². The van der Waals surface area contributed by atoms with Crippen LogP contribution in [-0.2, 0) is 4.79 Å². The molecule has 5 heteroatoms. The number of nitrogens with one attached hydrogen (secondary N) is 2. The van der Waals surface area contributed by atoms with Crippen molar-refractivity contribution in [3.8, 4) is 5.75 Å². The number of carbonyl (C=O) groups is 1. The predicted octanol–water partition coefficient (Wildman–Crippen LogP) is 3.82. The highest BCUT2D eigenvalue weighted by molar-refractivity contribution is 5.94. The highest BCUT2D eigenvalue weighted by atomic mass is 16.5. The summed E-state index contributed by atoms with van der Waals surface area (Å²) in [7, 11) is 1.62. The van der Waals surface area contributed by atoms with Crippen LogP contribution in [0.1, 0.15) is 20.8 Å². The zero-order chi connectivity index (χ0) is 16.2. The van der Waals surface area contributed by atoms with Gasteiger partial charge in [-0.1, -0.05) is 32.9 Å². The van der Waals surface area contributed by atoms with E-state index in [0.29, 0.717) is 11.5 Å². The average molecular weight is 299 g/mol. The number of nitrogens with zero attached hydrogens (tertiary/aromatic N) is 1. The van der Waals surface area contributed by atoms with Crippen LogP contribution >= 0.6 is 0 Å². The van der Waals surface area contributed by atoms with E-state index in [9.17, 15) is 4.79 Å². The Balaban J connectivity index is 2.08. The molecular weight excluding hydrogens is 278 g/mol. The summed E-state index contributed by atoms with van der Waals surface area (Å²) in [5.41, 5.74) is 1.07. The fraction of sp³-hybridized carbons (Fsp3) is 0.294. The molecule has 0 aliphatic carbocycles. The summed E-state index contributed by atoms with van der Waals surface area (Å²) < 4.78 is 5.28. The van der Waals surface area contributed by atoms with Crippen molar-refractivity contribution in [3.63, 3.8) is 0 Å². The number of benzene rings is 1. The van der Waals surface area contributed by atoms with Crippen LogP contribution < -0.4 is 15.4 Å². The monoisotopic (exact) mass is 299 g/mol. The van der Waals surface area contributed by atoms with Crippen LogP contribution in [0.2, 0.25) is 0 Å². The normalized spacial score (nSPS) is 10.9. The first-order valence-electron chi connectivity index (χ1n) is 7.08. The van der Waals surface area contributed by atoms with Gasteiger partial charge in [0, 0.05) is 5.41 Å². The molecule has 0 aliphatic rings. The smallest absolute Gasteiger partial charge is 0.229 e. The lowest BCUT2D eigenvalue weighted by Gasteiger charge is -2.17. The first-order valence-corrected chi connectivity index (χ1v) is 7.08. The Morgan fingerprint density at radius 1 is 1.14 bits per heavy atom. The Hall–Kier alpha value is -2.56. The number of rotatable bonds is 4. The van der Waals surface area contributed by atoms with Gasteiger partial charge in [0.15, 0.2) is 0 Å². The van der Waals surface area contributed by atoms with Crippen LogP contribution in [-0.4, -0.2) is 18.0 Å². The molecule has 5 nitrogen and oxygen atoms in total. The van der Waals surface area contributed by atoms with Crippen LogP contribution in [0.5, 0.6) is 5.75 Å². The third kappa shape index (κ3) is 3.97. The van der Waals surface area contributed by atoms with E-state index in [1.807, 2.05) is 57.2 Å². The molecule has 0 radical (unpaired) electrons. The molecule has 1 heterocycles. The quantitative estimate of drug-likeness (QED) is 0.901. The van der Waals surface area contributed by atoms with Gasteiger partial charge in [-0.3, -0.25) is 4.79 Å². The second-order valence-electron chi connectivity index (χ2n) is 5.96. The number of aromatic nitrogens is 1. The molecule has 0 fully saturated rings. The van der Waals surface area contributed by atoms with E-state index in [0.717, 1.165) is 11.4 Å². The lowest BCUT2D eigenvalue weighted by atomic mass is 9.96. The molecule has 2 rings (SSSR count). The lowest BCUT2D eigenvalue weighted by molar-refractivity contribution is -0.123. The Morgan fingerprint density at radius 3 is 2.45 bits per heavy atom. The molecule has 0 bridgehead atoms. The number of ether oxygens (including phenoxy) is 1. The fourth-order valence-corrected chi connectivity index (χ4v) is 1.75. The molecule has 0 atom stereocenters. The minimum atomic E-state index is -0.436. The molecular formula is C17H21N3O2. The number of pyridine rings is 1. The average Bonchev–Trinajstić information content (AvgIpc) is 2.49. The van der Waals surface area contributed by atoms with E-state index in [2.05, 4.69) is 15.6 Å². The zero-order valence-corrected chi connectivity index (χ0v) is 13.3. The second kappa shape index (κ2) is 6.47. The van der Waals surface area contributed by atoms with Gasteiger partial charge in [0.1, 0.15) is 11.6 Å². The molecule has 1 aromatic heterocycles. The van der Waals surface area contributed by atoms with E-state index < -0.39 is 5.41 Å². The number of methoxy groups -OCH3 is 1. The van der Waals surface area contributed by atoms with Crippen LogP contribution in [0.25, 0.3) is 0 Å². The van der Waals surface area contributed by atoms with E-state index in [1.165, 1.54) is 0 Å². The molecule has 2 N–H and O–H groups in total. The predicted molar refractivity (Wildman–Crippen MR) is 88.6 cm³/mol. The maximum Gasteiger partial charge on any atom is 0.229 e. The maximum absolute atomic E-state index is 11.9. The van der Waals surface area contributed by atoms with Crippen molar-refractivity contribution >= 4 is 23.1 Å². The van der Waals surface area contributed by atoms with Gasteiger partial charge < -0.3 is 15.4 Å². The maximum atomic E-state index is 11.9. The zero-order valence-electron chi connectivity index (χ0n) is 13.3. The van der Waals surface area contributed by atoms with Gasteiger partial charge in [-0.05, 0) is 24.3 Å². The minimum absolute atomic E-state index is 0.0419. The van der Waals surface area contributed by atoms with Crippen LogP contribution in [0.15, 0.2) is 42.6 Å². The highest BCUT2D eigenvalue weighted by Crippen LogP contribution is 2.26. The van der Waals surface area contributed by atoms with Crippen molar-refractivity contribution in [2.24, 2.45) is 5.41 Å². The molecule has 2 aromatic rings. The van der Waals surface area contributed by atoms with E-state index in [-0.39, 0.29) is 5.91 Å². The van der Waals surface area contributed by atoms with Crippen molar-refractivity contribution in [2.45, 2.75) is 20.8 Å². The van der Waals surface area contributed by atoms with E-state index >= 15 is 0 Å². The van der Waals surface area contributed by atoms with E-state index in [1.54, 1.807) is 13.3 Å². The Kier molecular flexibility index (Phi) is 4.65. The molecule has 22 heavy (non-hydrogen) atoms. The van der Waals surface area contributed by atoms with Gasteiger partial charge in [0.2, 0.25) is 5.91 Å². The fourth-order valence-electron chi connectivity index (χ4n) is 1.75. The Bertz CT molecular complexity index is 646.